The van der Waals surface area contributed by atoms with Crippen LogP contribution in [0.15, 0.2) is 54.6 Å². The van der Waals surface area contributed by atoms with Crippen LogP contribution >= 0.6 is 0 Å². The van der Waals surface area contributed by atoms with Crippen molar-refractivity contribution in [3.8, 4) is 0 Å². The second-order valence-corrected chi connectivity index (χ2v) is 4.37. The summed E-state index contributed by atoms with van der Waals surface area (Å²) >= 11 is 0. The molecular weight excluding hydrogens is 312 g/mol. The number of nitrogens with one attached hydrogen (secondary N) is 1. The van der Waals surface area contributed by atoms with Crippen LogP contribution in [0.1, 0.15) is 57.5 Å². The molecule has 4 nitrogen and oxygen atoms in total. The smallest absolute Gasteiger partial charge is 0.251 e. The Morgan fingerprint density at radius 2 is 1.48 bits per heavy atom. The molecular formula is C21H32N2O2. The van der Waals surface area contributed by atoms with Gasteiger partial charge in [0.25, 0.3) is 5.91 Å². The molecule has 0 saturated heterocycles. The van der Waals surface area contributed by atoms with Crippen LogP contribution in [0.3, 0.4) is 0 Å². The largest absolute Gasteiger partial charge is 0.368 e. The van der Waals surface area contributed by atoms with E-state index in [0.717, 1.165) is 11.1 Å². The zero-order valence-corrected chi connectivity index (χ0v) is 16.3. The molecule has 2 amide bonds. The van der Waals surface area contributed by atoms with Gasteiger partial charge in [0, 0.05) is 5.56 Å². The van der Waals surface area contributed by atoms with Crippen LogP contribution in [0.5, 0.6) is 0 Å². The van der Waals surface area contributed by atoms with Gasteiger partial charge in [-0.2, -0.15) is 0 Å². The fourth-order valence-electron chi connectivity index (χ4n) is 1.71. The Morgan fingerprint density at radius 3 is 1.92 bits per heavy atom. The highest BCUT2D eigenvalue weighted by atomic mass is 16.2. The van der Waals surface area contributed by atoms with Gasteiger partial charge in [-0.1, -0.05) is 70.2 Å². The summed E-state index contributed by atoms with van der Waals surface area (Å²) in [5.74, 6) is -0.880. The maximum absolute atomic E-state index is 11.8. The first-order valence-corrected chi connectivity index (χ1v) is 8.71. The molecule has 0 atom stereocenters. The van der Waals surface area contributed by atoms with Gasteiger partial charge in [0.1, 0.15) is 0 Å². The van der Waals surface area contributed by atoms with Crippen LogP contribution in [0.25, 0.3) is 5.57 Å². The normalized spacial score (nSPS) is 10.6. The van der Waals surface area contributed by atoms with E-state index in [2.05, 4.69) is 5.32 Å². The summed E-state index contributed by atoms with van der Waals surface area (Å²) < 4.78 is 0. The molecule has 0 spiro atoms. The summed E-state index contributed by atoms with van der Waals surface area (Å²) in [7, 11) is 0. The molecule has 1 rings (SSSR count). The summed E-state index contributed by atoms with van der Waals surface area (Å²) in [5, 5.41) is 2.45. The minimum Gasteiger partial charge on any atom is -0.368 e. The fraction of sp³-hybridized carbons (Fsp3) is 0.333. The predicted molar refractivity (Wildman–Crippen MR) is 108 cm³/mol. The lowest BCUT2D eigenvalue weighted by Gasteiger charge is -2.05. The lowest BCUT2D eigenvalue weighted by Crippen LogP contribution is -2.33. The van der Waals surface area contributed by atoms with Gasteiger partial charge in [-0.25, -0.2) is 0 Å². The summed E-state index contributed by atoms with van der Waals surface area (Å²) in [5.41, 5.74) is 7.55. The minimum absolute atomic E-state index is 0.161. The predicted octanol–water partition coefficient (Wildman–Crippen LogP) is 4.49. The summed E-state index contributed by atoms with van der Waals surface area (Å²) in [6.07, 6.45) is 9.88. The van der Waals surface area contributed by atoms with Crippen LogP contribution in [-0.2, 0) is 4.79 Å². The number of benzene rings is 1. The Kier molecular flexibility index (Phi) is 16.0. The topological polar surface area (TPSA) is 72.2 Å². The lowest BCUT2D eigenvalue weighted by atomic mass is 10.0. The number of primary amides is 1. The van der Waals surface area contributed by atoms with Crippen molar-refractivity contribution in [1.82, 2.24) is 5.32 Å². The molecule has 0 unspecified atom stereocenters. The molecule has 0 aliphatic heterocycles. The standard InChI is InChI=1S/C17H20N2O2.2C2H6/c1-3-5-7-13(6-4-2)14-8-10-15(11-9-14)17(21)19-12-16(18)20;2*1-2/h3-11H,12H2,1-2H3,(H2,18,20)(H,19,21);2*1-2H3/b5-3-,6-4-,13-7+;;. The van der Waals surface area contributed by atoms with Crippen LogP contribution in [0.4, 0.5) is 0 Å². The number of allylic oxidation sites excluding steroid dienone is 6. The molecule has 138 valence electrons. The van der Waals surface area contributed by atoms with Gasteiger partial charge in [0.15, 0.2) is 0 Å². The van der Waals surface area contributed by atoms with Crippen LogP contribution in [0, 0.1) is 0 Å². The van der Waals surface area contributed by atoms with E-state index in [1.54, 1.807) is 12.1 Å². The van der Waals surface area contributed by atoms with Gasteiger partial charge in [-0.3, -0.25) is 9.59 Å². The van der Waals surface area contributed by atoms with E-state index in [1.807, 2.05) is 84.1 Å². The highest BCUT2D eigenvalue weighted by Crippen LogP contribution is 2.17. The molecule has 4 heteroatoms. The van der Waals surface area contributed by atoms with Gasteiger partial charge in [-0.15, -0.1) is 0 Å². The third-order valence-electron chi connectivity index (χ3n) is 2.72. The van der Waals surface area contributed by atoms with E-state index in [0.29, 0.717) is 5.56 Å². The maximum Gasteiger partial charge on any atom is 0.251 e. The first-order chi connectivity index (χ1) is 12.1. The van der Waals surface area contributed by atoms with E-state index in [1.165, 1.54) is 0 Å². The van der Waals surface area contributed by atoms with Crippen molar-refractivity contribution in [2.45, 2.75) is 41.5 Å². The van der Waals surface area contributed by atoms with Crippen molar-refractivity contribution in [2.75, 3.05) is 6.54 Å². The Morgan fingerprint density at radius 1 is 0.960 bits per heavy atom. The van der Waals surface area contributed by atoms with Gasteiger partial charge < -0.3 is 11.1 Å². The number of hydrogen-bond donors (Lipinski definition) is 2. The third kappa shape index (κ3) is 10.7. The fourth-order valence-corrected chi connectivity index (χ4v) is 1.71. The van der Waals surface area contributed by atoms with Crippen molar-refractivity contribution in [3.63, 3.8) is 0 Å². The number of carbonyl (C=O) groups excluding carboxylic acids is 2. The summed E-state index contributed by atoms with van der Waals surface area (Å²) in [6, 6.07) is 7.18. The summed E-state index contributed by atoms with van der Waals surface area (Å²) in [6.45, 7) is 11.7. The highest BCUT2D eigenvalue weighted by molar-refractivity contribution is 5.96. The van der Waals surface area contributed by atoms with Gasteiger partial charge in [0.05, 0.1) is 6.54 Å². The molecule has 25 heavy (non-hydrogen) atoms. The third-order valence-corrected chi connectivity index (χ3v) is 2.72. The number of rotatable bonds is 6. The first kappa shape index (κ1) is 24.6. The van der Waals surface area contributed by atoms with Crippen molar-refractivity contribution in [2.24, 2.45) is 5.73 Å². The second-order valence-electron chi connectivity index (χ2n) is 4.37. The minimum atomic E-state index is -0.565. The first-order valence-electron chi connectivity index (χ1n) is 8.71. The Labute approximate surface area is 152 Å². The average Bonchev–Trinajstić information content (AvgIpc) is 2.66. The van der Waals surface area contributed by atoms with E-state index in [9.17, 15) is 9.59 Å². The molecule has 0 aliphatic rings. The van der Waals surface area contributed by atoms with Crippen LogP contribution < -0.4 is 11.1 Å². The zero-order chi connectivity index (χ0) is 19.7. The van der Waals surface area contributed by atoms with E-state index in [4.69, 9.17) is 5.73 Å². The molecule has 1 aromatic rings. The molecule has 0 bridgehead atoms. The zero-order valence-electron chi connectivity index (χ0n) is 16.3. The highest BCUT2D eigenvalue weighted by Gasteiger charge is 2.06. The second kappa shape index (κ2) is 16.2. The van der Waals surface area contributed by atoms with Gasteiger partial charge >= 0.3 is 0 Å². The maximum atomic E-state index is 11.8. The lowest BCUT2D eigenvalue weighted by molar-refractivity contribution is -0.117. The quantitative estimate of drug-likeness (QED) is 0.746. The Bertz CT molecular complexity index is 582. The van der Waals surface area contributed by atoms with Crippen LogP contribution in [0.2, 0.25) is 0 Å². The molecule has 0 heterocycles. The monoisotopic (exact) mass is 344 g/mol. The SMILES string of the molecule is CC.CC.C\C=C/C=C(\C=C/C)c1ccc(C(=O)NCC(N)=O)cc1. The molecule has 0 radical (unpaired) electrons. The number of hydrogen-bond acceptors (Lipinski definition) is 2. The van der Waals surface area contributed by atoms with Crippen molar-refractivity contribution in [1.29, 1.82) is 0 Å². The molecule has 0 aliphatic carbocycles. The molecule has 1 aromatic carbocycles. The van der Waals surface area contributed by atoms with Gasteiger partial charge in [0.2, 0.25) is 5.91 Å². The van der Waals surface area contributed by atoms with Crippen molar-refractivity contribution >= 4 is 17.4 Å². The molecule has 0 aromatic heterocycles. The summed E-state index contributed by atoms with van der Waals surface area (Å²) in [4.78, 5) is 22.4. The van der Waals surface area contributed by atoms with Crippen molar-refractivity contribution < 1.29 is 9.59 Å². The molecule has 3 N–H and O–H groups in total. The Balaban J connectivity index is 0. The van der Waals surface area contributed by atoms with Gasteiger partial charge in [-0.05, 0) is 37.1 Å². The van der Waals surface area contributed by atoms with E-state index in [-0.39, 0.29) is 12.5 Å². The molecule has 0 saturated carbocycles. The molecule has 0 fully saturated rings. The van der Waals surface area contributed by atoms with E-state index >= 15 is 0 Å². The number of amides is 2. The van der Waals surface area contributed by atoms with E-state index < -0.39 is 5.91 Å². The number of nitrogens with two attached hydrogens (primary N) is 1. The van der Waals surface area contributed by atoms with Crippen molar-refractivity contribution in [3.05, 3.63) is 65.8 Å². The van der Waals surface area contributed by atoms with Crippen LogP contribution in [-0.4, -0.2) is 18.4 Å². The average molecular weight is 344 g/mol. The number of carbonyl (C=O) groups is 2. The Hall–Kier alpha value is -2.62.